The molecule has 1 heterocycles. The quantitative estimate of drug-likeness (QED) is 0.628. The van der Waals surface area contributed by atoms with Crippen molar-refractivity contribution in [2.75, 3.05) is 11.9 Å². The van der Waals surface area contributed by atoms with Gasteiger partial charge in [0.1, 0.15) is 6.54 Å². The van der Waals surface area contributed by atoms with E-state index in [1.54, 1.807) is 12.4 Å². The van der Waals surface area contributed by atoms with Crippen LogP contribution in [0.4, 0.5) is 5.95 Å². The lowest BCUT2D eigenvalue weighted by molar-refractivity contribution is 1.10. The van der Waals surface area contributed by atoms with Gasteiger partial charge in [-0.05, 0) is 12.5 Å². The summed E-state index contributed by atoms with van der Waals surface area (Å²) in [6, 6.07) is 1.94. The number of nitrogens with zero attached hydrogens (tertiary/aromatic N) is 3. The first-order chi connectivity index (χ1) is 5.33. The van der Waals surface area contributed by atoms with Crippen LogP contribution in [0.5, 0.6) is 0 Å². The minimum Gasteiger partial charge on any atom is -0.341 e. The van der Waals surface area contributed by atoms with Crippen LogP contribution in [0.2, 0.25) is 0 Å². The average molecular weight is 148 g/mol. The van der Waals surface area contributed by atoms with Gasteiger partial charge in [0.15, 0.2) is 0 Å². The maximum absolute atomic E-state index is 8.21. The Balaban J connectivity index is 2.60. The van der Waals surface area contributed by atoms with Crippen LogP contribution in [0.15, 0.2) is 12.4 Å². The highest BCUT2D eigenvalue weighted by Gasteiger charge is 1.91. The molecule has 0 radical (unpaired) electrons. The number of hydrogen-bond acceptors (Lipinski definition) is 4. The minimum absolute atomic E-state index is 0.239. The van der Waals surface area contributed by atoms with E-state index in [4.69, 9.17) is 5.26 Å². The Bertz CT molecular complexity index is 259. The van der Waals surface area contributed by atoms with E-state index < -0.39 is 0 Å². The van der Waals surface area contributed by atoms with E-state index in [0.29, 0.717) is 5.95 Å². The van der Waals surface area contributed by atoms with Crippen LogP contribution >= 0.6 is 0 Å². The summed E-state index contributed by atoms with van der Waals surface area (Å²) in [5.41, 5.74) is 1.01. The number of aromatic nitrogens is 2. The Morgan fingerprint density at radius 3 is 2.73 bits per heavy atom. The third-order valence-electron chi connectivity index (χ3n) is 1.11. The van der Waals surface area contributed by atoms with Crippen molar-refractivity contribution in [3.05, 3.63) is 18.0 Å². The fourth-order valence-electron chi connectivity index (χ4n) is 0.602. The summed E-state index contributed by atoms with van der Waals surface area (Å²) < 4.78 is 0. The van der Waals surface area contributed by atoms with Gasteiger partial charge in [0.2, 0.25) is 5.95 Å². The summed E-state index contributed by atoms with van der Waals surface area (Å²) in [5.74, 6) is 0.497. The molecule has 0 unspecified atom stereocenters. The Hall–Kier alpha value is -1.63. The van der Waals surface area contributed by atoms with E-state index >= 15 is 0 Å². The highest BCUT2D eigenvalue weighted by atomic mass is 15.1. The summed E-state index contributed by atoms with van der Waals surface area (Å²) in [4.78, 5) is 7.88. The Morgan fingerprint density at radius 1 is 1.55 bits per heavy atom. The van der Waals surface area contributed by atoms with E-state index in [9.17, 15) is 0 Å². The van der Waals surface area contributed by atoms with Crippen LogP contribution in [0.3, 0.4) is 0 Å². The van der Waals surface area contributed by atoms with Gasteiger partial charge in [-0.3, -0.25) is 0 Å². The standard InChI is InChI=1S/C7H8N4/c1-6-4-10-7(11-5-6)9-3-2-8/h4-5H,3H2,1H3,(H,9,10,11). The molecule has 4 nitrogen and oxygen atoms in total. The van der Waals surface area contributed by atoms with Crippen molar-refractivity contribution >= 4 is 5.95 Å². The molecule has 4 heteroatoms. The van der Waals surface area contributed by atoms with Crippen molar-refractivity contribution in [3.63, 3.8) is 0 Å². The second kappa shape index (κ2) is 3.52. The van der Waals surface area contributed by atoms with E-state index in [2.05, 4.69) is 15.3 Å². The predicted molar refractivity (Wildman–Crippen MR) is 40.9 cm³/mol. The van der Waals surface area contributed by atoms with E-state index in [-0.39, 0.29) is 6.54 Å². The van der Waals surface area contributed by atoms with Gasteiger partial charge in [0, 0.05) is 12.4 Å². The van der Waals surface area contributed by atoms with Crippen LogP contribution in [-0.4, -0.2) is 16.5 Å². The van der Waals surface area contributed by atoms with Crippen molar-refractivity contribution in [1.29, 1.82) is 5.26 Å². The SMILES string of the molecule is Cc1cnc(NCC#N)nc1. The van der Waals surface area contributed by atoms with Crippen molar-refractivity contribution in [3.8, 4) is 6.07 Å². The maximum Gasteiger partial charge on any atom is 0.223 e. The molecule has 0 fully saturated rings. The van der Waals surface area contributed by atoms with Crippen LogP contribution < -0.4 is 5.32 Å². The molecule has 0 atom stereocenters. The van der Waals surface area contributed by atoms with Crippen molar-refractivity contribution in [2.45, 2.75) is 6.92 Å². The Morgan fingerprint density at radius 2 is 2.18 bits per heavy atom. The number of anilines is 1. The number of hydrogen-bond donors (Lipinski definition) is 1. The molecular weight excluding hydrogens is 140 g/mol. The molecule has 0 spiro atoms. The van der Waals surface area contributed by atoms with Crippen LogP contribution in [0.25, 0.3) is 0 Å². The normalized spacial score (nSPS) is 8.73. The molecule has 1 aromatic heterocycles. The summed E-state index contributed by atoms with van der Waals surface area (Å²) in [6.45, 7) is 2.15. The van der Waals surface area contributed by atoms with Crippen molar-refractivity contribution < 1.29 is 0 Å². The zero-order valence-electron chi connectivity index (χ0n) is 6.20. The lowest BCUT2D eigenvalue weighted by atomic mass is 10.4. The fourth-order valence-corrected chi connectivity index (χ4v) is 0.602. The molecule has 1 aromatic rings. The number of rotatable bonds is 2. The maximum atomic E-state index is 8.21. The van der Waals surface area contributed by atoms with E-state index in [0.717, 1.165) is 5.56 Å². The van der Waals surface area contributed by atoms with Crippen LogP contribution in [0, 0.1) is 18.3 Å². The average Bonchev–Trinajstić information content (AvgIpc) is 2.04. The van der Waals surface area contributed by atoms with Gasteiger partial charge in [-0.15, -0.1) is 0 Å². The largest absolute Gasteiger partial charge is 0.341 e. The summed E-state index contributed by atoms with van der Waals surface area (Å²) >= 11 is 0. The Labute approximate surface area is 64.9 Å². The topological polar surface area (TPSA) is 61.6 Å². The van der Waals surface area contributed by atoms with Gasteiger partial charge >= 0.3 is 0 Å². The first-order valence-electron chi connectivity index (χ1n) is 3.22. The molecule has 0 aliphatic heterocycles. The van der Waals surface area contributed by atoms with Gasteiger partial charge in [0.05, 0.1) is 6.07 Å². The first kappa shape index (κ1) is 7.48. The van der Waals surface area contributed by atoms with Gasteiger partial charge in [-0.2, -0.15) is 5.26 Å². The molecule has 0 aliphatic carbocycles. The van der Waals surface area contributed by atoms with Gasteiger partial charge in [0.25, 0.3) is 0 Å². The van der Waals surface area contributed by atoms with Gasteiger partial charge in [-0.1, -0.05) is 0 Å². The smallest absolute Gasteiger partial charge is 0.223 e. The molecule has 1 rings (SSSR count). The third-order valence-corrected chi connectivity index (χ3v) is 1.11. The fraction of sp³-hybridized carbons (Fsp3) is 0.286. The summed E-state index contributed by atoms with van der Waals surface area (Å²) in [5, 5.41) is 11.0. The highest BCUT2D eigenvalue weighted by molar-refractivity contribution is 5.25. The molecule has 0 bridgehead atoms. The molecule has 0 aliphatic rings. The highest BCUT2D eigenvalue weighted by Crippen LogP contribution is 1.96. The third kappa shape index (κ3) is 2.22. The summed E-state index contributed by atoms with van der Waals surface area (Å²) in [6.07, 6.45) is 3.40. The van der Waals surface area contributed by atoms with Crippen LogP contribution in [-0.2, 0) is 0 Å². The van der Waals surface area contributed by atoms with Gasteiger partial charge < -0.3 is 5.32 Å². The van der Waals surface area contributed by atoms with Crippen LogP contribution in [0.1, 0.15) is 5.56 Å². The summed E-state index contributed by atoms with van der Waals surface area (Å²) in [7, 11) is 0. The lowest BCUT2D eigenvalue weighted by Gasteiger charge is -1.97. The zero-order chi connectivity index (χ0) is 8.10. The van der Waals surface area contributed by atoms with Gasteiger partial charge in [-0.25, -0.2) is 9.97 Å². The van der Waals surface area contributed by atoms with Crippen molar-refractivity contribution in [1.82, 2.24) is 9.97 Å². The minimum atomic E-state index is 0.239. The monoisotopic (exact) mass is 148 g/mol. The molecular formula is C7H8N4. The van der Waals surface area contributed by atoms with E-state index in [1.165, 1.54) is 0 Å². The second-order valence-electron chi connectivity index (χ2n) is 2.10. The zero-order valence-corrected chi connectivity index (χ0v) is 6.20. The molecule has 0 saturated heterocycles. The molecule has 11 heavy (non-hydrogen) atoms. The number of aryl methyl sites for hydroxylation is 1. The second-order valence-corrected chi connectivity index (χ2v) is 2.10. The molecule has 0 saturated carbocycles. The molecule has 56 valence electrons. The number of nitrogens with one attached hydrogen (secondary N) is 1. The predicted octanol–water partition coefficient (Wildman–Crippen LogP) is 0.720. The van der Waals surface area contributed by atoms with E-state index in [1.807, 2.05) is 13.0 Å². The first-order valence-corrected chi connectivity index (χ1v) is 3.22. The Kier molecular flexibility index (Phi) is 2.39. The molecule has 1 N–H and O–H groups in total. The lowest BCUT2D eigenvalue weighted by Crippen LogP contribution is -2.02. The molecule has 0 aromatic carbocycles. The van der Waals surface area contributed by atoms with Crippen molar-refractivity contribution in [2.24, 2.45) is 0 Å². The molecule has 0 amide bonds. The number of nitriles is 1.